The predicted molar refractivity (Wildman–Crippen MR) is 112 cm³/mol. The smallest absolute Gasteiger partial charge is 0.228 e. The first-order valence-corrected chi connectivity index (χ1v) is 10.9. The van der Waals surface area contributed by atoms with E-state index in [-0.39, 0.29) is 17.9 Å². The molecule has 29 heavy (non-hydrogen) atoms. The molecule has 2 atom stereocenters. The average Bonchev–Trinajstić information content (AvgIpc) is 2.76. The van der Waals surface area contributed by atoms with Gasteiger partial charge >= 0.3 is 0 Å². The molecule has 1 saturated carbocycles. The summed E-state index contributed by atoms with van der Waals surface area (Å²) in [5.74, 6) is 1.09. The average molecular weight is 403 g/mol. The highest BCUT2D eigenvalue weighted by atomic mass is 16.5. The molecule has 0 unspecified atom stereocenters. The molecule has 0 radical (unpaired) electrons. The summed E-state index contributed by atoms with van der Waals surface area (Å²) < 4.78 is 10.8. The minimum absolute atomic E-state index is 0.0162. The first-order chi connectivity index (χ1) is 14.1. The molecule has 1 N–H and O–H groups in total. The lowest BCUT2D eigenvalue weighted by Crippen LogP contribution is -2.62. The molecule has 0 aromatic heterocycles. The van der Waals surface area contributed by atoms with Crippen molar-refractivity contribution in [3.63, 3.8) is 0 Å². The fourth-order valence-corrected chi connectivity index (χ4v) is 4.74. The van der Waals surface area contributed by atoms with Gasteiger partial charge in [0.25, 0.3) is 0 Å². The molecular weight excluding hydrogens is 368 g/mol. The van der Waals surface area contributed by atoms with Gasteiger partial charge in [-0.1, -0.05) is 31.9 Å². The Kier molecular flexibility index (Phi) is 7.53. The number of carbonyl (C=O) groups is 2. The molecule has 2 amide bonds. The lowest BCUT2D eigenvalue weighted by molar-refractivity contribution is -0.156. The largest absolute Gasteiger partial charge is 0.494 e. The van der Waals surface area contributed by atoms with Crippen molar-refractivity contribution in [2.75, 3.05) is 26.9 Å². The molecule has 1 saturated heterocycles. The summed E-state index contributed by atoms with van der Waals surface area (Å²) >= 11 is 0. The topological polar surface area (TPSA) is 67.9 Å². The number of rotatable bonds is 9. The fraction of sp³-hybridized carbons (Fsp3) is 0.652. The molecule has 1 aliphatic carbocycles. The third kappa shape index (κ3) is 4.92. The number of methoxy groups -OCH3 is 1. The highest BCUT2D eigenvalue weighted by Crippen LogP contribution is 2.46. The van der Waals surface area contributed by atoms with Crippen LogP contribution in [0, 0.1) is 5.41 Å². The van der Waals surface area contributed by atoms with Crippen LogP contribution in [-0.2, 0) is 20.9 Å². The number of likely N-dealkylation sites (tertiary alicyclic amines) is 1. The van der Waals surface area contributed by atoms with Crippen LogP contribution in [0.4, 0.5) is 0 Å². The van der Waals surface area contributed by atoms with Crippen molar-refractivity contribution >= 4 is 11.8 Å². The molecule has 1 aromatic rings. The quantitative estimate of drug-likeness (QED) is 0.688. The normalized spacial score (nSPS) is 24.1. The minimum atomic E-state index is -0.468. The van der Waals surface area contributed by atoms with Crippen molar-refractivity contribution < 1.29 is 19.1 Å². The lowest BCUT2D eigenvalue weighted by Gasteiger charge is -2.51. The number of nitrogens with zero attached hydrogens (tertiary/aromatic N) is 1. The van der Waals surface area contributed by atoms with Crippen LogP contribution in [0.15, 0.2) is 24.3 Å². The number of fused-ring (bicyclic) bond motifs is 1. The van der Waals surface area contributed by atoms with Crippen molar-refractivity contribution in [2.24, 2.45) is 5.41 Å². The molecule has 1 aliphatic heterocycles. The van der Waals surface area contributed by atoms with Gasteiger partial charge < -0.3 is 19.7 Å². The second-order valence-corrected chi connectivity index (χ2v) is 8.17. The first-order valence-electron chi connectivity index (χ1n) is 10.9. The molecule has 0 spiro atoms. The van der Waals surface area contributed by atoms with Crippen LogP contribution in [0.1, 0.15) is 57.4 Å². The molecule has 1 aromatic carbocycles. The monoisotopic (exact) mass is 402 g/mol. The fourth-order valence-electron chi connectivity index (χ4n) is 4.74. The van der Waals surface area contributed by atoms with E-state index in [0.29, 0.717) is 39.1 Å². The lowest BCUT2D eigenvalue weighted by atomic mass is 9.64. The molecule has 1 heterocycles. The third-order valence-corrected chi connectivity index (χ3v) is 6.31. The molecule has 6 nitrogen and oxygen atoms in total. The first kappa shape index (κ1) is 21.6. The summed E-state index contributed by atoms with van der Waals surface area (Å²) in [4.78, 5) is 27.8. The van der Waals surface area contributed by atoms with Gasteiger partial charge in [0, 0.05) is 32.7 Å². The van der Waals surface area contributed by atoms with Crippen LogP contribution in [-0.4, -0.2) is 49.6 Å². The Morgan fingerprint density at radius 3 is 2.72 bits per heavy atom. The molecule has 6 heteroatoms. The van der Waals surface area contributed by atoms with E-state index in [1.165, 1.54) is 0 Å². The van der Waals surface area contributed by atoms with Gasteiger partial charge in [-0.25, -0.2) is 0 Å². The van der Waals surface area contributed by atoms with Crippen molar-refractivity contribution in [1.29, 1.82) is 0 Å². The van der Waals surface area contributed by atoms with Gasteiger partial charge in [0.2, 0.25) is 11.8 Å². The summed E-state index contributed by atoms with van der Waals surface area (Å²) in [5, 5.41) is 3.16. The number of hydrogen-bond acceptors (Lipinski definition) is 4. The maximum Gasteiger partial charge on any atom is 0.228 e. The van der Waals surface area contributed by atoms with E-state index in [1.807, 2.05) is 29.2 Å². The van der Waals surface area contributed by atoms with Crippen LogP contribution in [0.5, 0.6) is 5.75 Å². The van der Waals surface area contributed by atoms with E-state index in [0.717, 1.165) is 43.4 Å². The maximum atomic E-state index is 13.4. The van der Waals surface area contributed by atoms with E-state index in [1.54, 1.807) is 7.11 Å². The summed E-state index contributed by atoms with van der Waals surface area (Å²) in [5.41, 5.74) is 0.582. The zero-order valence-corrected chi connectivity index (χ0v) is 17.7. The van der Waals surface area contributed by atoms with Crippen LogP contribution in [0.2, 0.25) is 0 Å². The van der Waals surface area contributed by atoms with E-state index in [4.69, 9.17) is 9.47 Å². The summed E-state index contributed by atoms with van der Waals surface area (Å²) in [6.45, 7) is 4.35. The Bertz CT molecular complexity index is 691. The summed E-state index contributed by atoms with van der Waals surface area (Å²) in [6, 6.07) is 7.88. The molecule has 2 aliphatic rings. The van der Waals surface area contributed by atoms with Gasteiger partial charge in [-0.3, -0.25) is 9.59 Å². The number of nitrogens with one attached hydrogen (secondary N) is 1. The highest BCUT2D eigenvalue weighted by Gasteiger charge is 2.52. The maximum absolute atomic E-state index is 13.4. The number of piperidine rings is 1. The number of hydrogen-bond donors (Lipinski definition) is 1. The third-order valence-electron chi connectivity index (χ3n) is 6.31. The van der Waals surface area contributed by atoms with Crippen LogP contribution in [0.3, 0.4) is 0 Å². The highest BCUT2D eigenvalue weighted by molar-refractivity contribution is 5.88. The van der Waals surface area contributed by atoms with E-state index < -0.39 is 5.41 Å². The van der Waals surface area contributed by atoms with Gasteiger partial charge in [0.15, 0.2) is 0 Å². The second-order valence-electron chi connectivity index (χ2n) is 8.17. The molecule has 160 valence electrons. The summed E-state index contributed by atoms with van der Waals surface area (Å²) in [6.07, 6.45) is 5.92. The Morgan fingerprint density at radius 2 is 2.00 bits per heavy atom. The predicted octanol–water partition coefficient (Wildman–Crippen LogP) is 3.29. The van der Waals surface area contributed by atoms with E-state index in [2.05, 4.69) is 12.2 Å². The van der Waals surface area contributed by atoms with Gasteiger partial charge in [-0.15, -0.1) is 0 Å². The van der Waals surface area contributed by atoms with Crippen molar-refractivity contribution in [3.05, 3.63) is 29.8 Å². The Morgan fingerprint density at radius 1 is 1.21 bits per heavy atom. The molecule has 3 rings (SSSR count). The second kappa shape index (κ2) is 10.1. The van der Waals surface area contributed by atoms with Gasteiger partial charge in [0.1, 0.15) is 5.75 Å². The number of carbonyl (C=O) groups excluding carboxylic acids is 2. The summed E-state index contributed by atoms with van der Waals surface area (Å²) in [7, 11) is 1.65. The Balaban J connectivity index is 1.66. The Labute approximate surface area is 173 Å². The van der Waals surface area contributed by atoms with Gasteiger partial charge in [0.05, 0.1) is 18.6 Å². The van der Waals surface area contributed by atoms with Gasteiger partial charge in [-0.2, -0.15) is 0 Å². The molecule has 2 fully saturated rings. The number of benzene rings is 1. The van der Waals surface area contributed by atoms with Gasteiger partial charge in [-0.05, 0) is 43.4 Å². The van der Waals surface area contributed by atoms with Crippen LogP contribution in [0.25, 0.3) is 0 Å². The zero-order chi connectivity index (χ0) is 20.7. The molecule has 0 bridgehead atoms. The Hall–Kier alpha value is -2.08. The van der Waals surface area contributed by atoms with E-state index in [9.17, 15) is 9.59 Å². The minimum Gasteiger partial charge on any atom is -0.494 e. The number of amides is 2. The zero-order valence-electron chi connectivity index (χ0n) is 17.7. The van der Waals surface area contributed by atoms with Crippen molar-refractivity contribution in [2.45, 2.75) is 64.5 Å². The SMILES string of the molecule is CCCOc1ccc(CNC(=O)[C@@]23CCCC[C@H]2N(CCOC)C(=O)CC3)cc1. The van der Waals surface area contributed by atoms with Crippen LogP contribution < -0.4 is 10.1 Å². The van der Waals surface area contributed by atoms with E-state index >= 15 is 0 Å². The van der Waals surface area contributed by atoms with Crippen molar-refractivity contribution in [1.82, 2.24) is 10.2 Å². The number of ether oxygens (including phenoxy) is 2. The van der Waals surface area contributed by atoms with Crippen LogP contribution >= 0.6 is 0 Å². The molecular formula is C23H34N2O4. The van der Waals surface area contributed by atoms with Crippen molar-refractivity contribution in [3.8, 4) is 5.75 Å². The standard InChI is InChI=1S/C23H34N2O4/c1-3-15-29-19-9-7-18(8-10-19)17-24-22(27)23-12-5-4-6-20(23)25(14-16-28-2)21(26)11-13-23/h7-10,20H,3-6,11-17H2,1-2H3,(H,24,27)/t20-,23-/m1/s1.